The van der Waals surface area contributed by atoms with E-state index in [1.165, 1.54) is 231 Å². The van der Waals surface area contributed by atoms with Crippen molar-refractivity contribution in [3.05, 3.63) is 48.6 Å². The Morgan fingerprint density at radius 3 is 0.813 bits per heavy atom. The topological polar surface area (TPSA) is 78.9 Å². The van der Waals surface area contributed by atoms with Crippen LogP contribution >= 0.6 is 0 Å². The fourth-order valence-electron chi connectivity index (χ4n) is 9.91. The van der Waals surface area contributed by atoms with Gasteiger partial charge in [-0.05, 0) is 57.8 Å². The van der Waals surface area contributed by atoms with Gasteiger partial charge >= 0.3 is 17.9 Å². The molecule has 0 aromatic rings. The van der Waals surface area contributed by atoms with Crippen molar-refractivity contribution in [2.75, 3.05) is 13.2 Å². The Bertz CT molecular complexity index is 1300. The summed E-state index contributed by atoms with van der Waals surface area (Å²) in [5.41, 5.74) is 0. The molecule has 0 aliphatic rings. The van der Waals surface area contributed by atoms with Crippen LogP contribution in [0.5, 0.6) is 0 Å². The van der Waals surface area contributed by atoms with Crippen LogP contribution in [0.2, 0.25) is 0 Å². The average molecular weight is 1050 g/mol. The molecule has 0 aliphatic heterocycles. The molecule has 75 heavy (non-hydrogen) atoms. The quantitative estimate of drug-likeness (QED) is 0.0261. The second kappa shape index (κ2) is 63.9. The van der Waals surface area contributed by atoms with Crippen molar-refractivity contribution >= 4 is 17.9 Å². The fraction of sp³-hybridized carbons (Fsp3) is 0.841. The first-order chi connectivity index (χ1) is 37.0. The van der Waals surface area contributed by atoms with Crippen LogP contribution in [0.3, 0.4) is 0 Å². The van der Waals surface area contributed by atoms with Crippen LogP contribution in [0.25, 0.3) is 0 Å². The monoisotopic (exact) mass is 1050 g/mol. The molecule has 0 amide bonds. The van der Waals surface area contributed by atoms with Crippen LogP contribution in [0.1, 0.15) is 355 Å². The van der Waals surface area contributed by atoms with Gasteiger partial charge in [-0.25, -0.2) is 0 Å². The first-order valence-corrected chi connectivity index (χ1v) is 33.1. The summed E-state index contributed by atoms with van der Waals surface area (Å²) in [6.07, 6.45) is 79.9. The number of carbonyl (C=O) groups excluding carboxylic acids is 3. The molecule has 0 radical (unpaired) electrons. The largest absolute Gasteiger partial charge is 0.462 e. The number of rotatable bonds is 61. The maximum absolute atomic E-state index is 12.9. The molecular formula is C69H126O6. The Balaban J connectivity index is 4.32. The summed E-state index contributed by atoms with van der Waals surface area (Å²) in [6, 6.07) is 0. The predicted molar refractivity (Wildman–Crippen MR) is 325 cm³/mol. The van der Waals surface area contributed by atoms with E-state index in [0.29, 0.717) is 19.3 Å². The van der Waals surface area contributed by atoms with Crippen LogP contribution in [-0.2, 0) is 28.6 Å². The van der Waals surface area contributed by atoms with Gasteiger partial charge in [-0.2, -0.15) is 0 Å². The number of allylic oxidation sites excluding steroid dienone is 8. The Hall–Kier alpha value is -2.63. The minimum Gasteiger partial charge on any atom is -0.462 e. The highest BCUT2D eigenvalue weighted by molar-refractivity contribution is 5.71. The number of hydrogen-bond donors (Lipinski definition) is 0. The highest BCUT2D eigenvalue weighted by Gasteiger charge is 2.19. The number of unbranched alkanes of at least 4 members (excludes halogenated alkanes) is 42. The lowest BCUT2D eigenvalue weighted by Gasteiger charge is -2.18. The second-order valence-electron chi connectivity index (χ2n) is 22.4. The maximum Gasteiger partial charge on any atom is 0.306 e. The summed E-state index contributed by atoms with van der Waals surface area (Å²) in [7, 11) is 0. The van der Waals surface area contributed by atoms with Gasteiger partial charge in [0.15, 0.2) is 6.10 Å². The van der Waals surface area contributed by atoms with Gasteiger partial charge in [-0.15, -0.1) is 0 Å². The summed E-state index contributed by atoms with van der Waals surface area (Å²) in [4.78, 5) is 38.3. The van der Waals surface area contributed by atoms with E-state index >= 15 is 0 Å². The SMILES string of the molecule is CC/C=C\C/C=C\C/C=C\C/C=C\CCCCC(=O)OCC(COC(=O)CCCCCCCCCCCCCCCCCCCCCCCC)OC(=O)CCCCCCCCCCCCCCCCCCCCCC. The van der Waals surface area contributed by atoms with Gasteiger partial charge in [0.1, 0.15) is 13.2 Å². The summed E-state index contributed by atoms with van der Waals surface area (Å²) in [5.74, 6) is -0.899. The summed E-state index contributed by atoms with van der Waals surface area (Å²) in [5, 5.41) is 0. The van der Waals surface area contributed by atoms with E-state index in [2.05, 4.69) is 69.4 Å². The van der Waals surface area contributed by atoms with Gasteiger partial charge in [0.25, 0.3) is 0 Å². The standard InChI is InChI=1S/C69H126O6/c1-4-7-10-13-16-19-22-25-28-30-32-34-35-37-38-41-44-47-50-53-56-59-62-68(71)74-65-66(64-73-67(70)61-58-55-52-49-46-43-40-27-24-21-18-15-12-9-6-3)75-69(72)63-60-57-54-51-48-45-42-39-36-33-31-29-26-23-20-17-14-11-8-5-2/h9,12,18,21,27,40,46,49,66H,4-8,10-11,13-17,19-20,22-26,28-39,41-45,47-48,50-65H2,1-3H3/b12-9-,21-18-,40-27-,49-46-. The highest BCUT2D eigenvalue weighted by Crippen LogP contribution is 2.18. The van der Waals surface area contributed by atoms with Crippen LogP contribution < -0.4 is 0 Å². The smallest absolute Gasteiger partial charge is 0.306 e. The molecule has 6 nitrogen and oxygen atoms in total. The van der Waals surface area contributed by atoms with E-state index in [-0.39, 0.29) is 31.1 Å². The van der Waals surface area contributed by atoms with Crippen molar-refractivity contribution < 1.29 is 28.6 Å². The zero-order chi connectivity index (χ0) is 54.3. The lowest BCUT2D eigenvalue weighted by molar-refractivity contribution is -0.167. The third-order valence-electron chi connectivity index (χ3n) is 14.8. The van der Waals surface area contributed by atoms with Crippen LogP contribution in [0.15, 0.2) is 48.6 Å². The molecule has 0 saturated carbocycles. The molecule has 438 valence electrons. The van der Waals surface area contributed by atoms with E-state index in [4.69, 9.17) is 14.2 Å². The van der Waals surface area contributed by atoms with Crippen molar-refractivity contribution in [2.24, 2.45) is 0 Å². The van der Waals surface area contributed by atoms with Crippen LogP contribution in [-0.4, -0.2) is 37.2 Å². The van der Waals surface area contributed by atoms with Gasteiger partial charge in [-0.1, -0.05) is 326 Å². The maximum atomic E-state index is 12.9. The van der Waals surface area contributed by atoms with Gasteiger partial charge in [0.2, 0.25) is 0 Å². The number of carbonyl (C=O) groups is 3. The summed E-state index contributed by atoms with van der Waals surface area (Å²) in [6.45, 7) is 6.56. The zero-order valence-electron chi connectivity index (χ0n) is 50.3. The molecule has 0 saturated heterocycles. The lowest BCUT2D eigenvalue weighted by atomic mass is 10.0. The third kappa shape index (κ3) is 62.1. The minimum atomic E-state index is -0.788. The number of hydrogen-bond acceptors (Lipinski definition) is 6. The highest BCUT2D eigenvalue weighted by atomic mass is 16.6. The van der Waals surface area contributed by atoms with E-state index in [0.717, 1.165) is 83.5 Å². The molecule has 0 rings (SSSR count). The van der Waals surface area contributed by atoms with E-state index in [1.54, 1.807) is 0 Å². The average Bonchev–Trinajstić information content (AvgIpc) is 3.41. The molecule has 1 atom stereocenters. The zero-order valence-corrected chi connectivity index (χ0v) is 50.3. The van der Waals surface area contributed by atoms with Crippen molar-refractivity contribution in [1.29, 1.82) is 0 Å². The van der Waals surface area contributed by atoms with E-state index < -0.39 is 6.10 Å². The van der Waals surface area contributed by atoms with Crippen LogP contribution in [0.4, 0.5) is 0 Å². The van der Waals surface area contributed by atoms with Gasteiger partial charge in [0.05, 0.1) is 0 Å². The molecule has 0 aromatic heterocycles. The first kappa shape index (κ1) is 72.4. The fourth-order valence-corrected chi connectivity index (χ4v) is 9.91. The van der Waals surface area contributed by atoms with Gasteiger partial charge < -0.3 is 14.2 Å². The normalized spacial score (nSPS) is 12.3. The predicted octanol–water partition coefficient (Wildman–Crippen LogP) is 22.6. The first-order valence-electron chi connectivity index (χ1n) is 33.1. The Morgan fingerprint density at radius 2 is 0.520 bits per heavy atom. The molecule has 0 aliphatic carbocycles. The lowest BCUT2D eigenvalue weighted by Crippen LogP contribution is -2.30. The van der Waals surface area contributed by atoms with Crippen molar-refractivity contribution in [3.8, 4) is 0 Å². The minimum absolute atomic E-state index is 0.0811. The Labute approximate surface area is 467 Å². The van der Waals surface area contributed by atoms with Crippen molar-refractivity contribution in [2.45, 2.75) is 361 Å². The van der Waals surface area contributed by atoms with E-state index in [1.807, 2.05) is 0 Å². The molecule has 0 aromatic carbocycles. The molecule has 0 fully saturated rings. The van der Waals surface area contributed by atoms with Crippen molar-refractivity contribution in [1.82, 2.24) is 0 Å². The molecule has 6 heteroatoms. The van der Waals surface area contributed by atoms with E-state index in [9.17, 15) is 14.4 Å². The third-order valence-corrected chi connectivity index (χ3v) is 14.8. The van der Waals surface area contributed by atoms with Crippen LogP contribution in [0, 0.1) is 0 Å². The second-order valence-corrected chi connectivity index (χ2v) is 22.4. The summed E-state index contributed by atoms with van der Waals surface area (Å²) >= 11 is 0. The number of esters is 3. The summed E-state index contributed by atoms with van der Waals surface area (Å²) < 4.78 is 16.9. The van der Waals surface area contributed by atoms with Gasteiger partial charge in [0, 0.05) is 19.3 Å². The molecule has 0 heterocycles. The Morgan fingerprint density at radius 1 is 0.280 bits per heavy atom. The van der Waals surface area contributed by atoms with Crippen molar-refractivity contribution in [3.63, 3.8) is 0 Å². The molecule has 0 bridgehead atoms. The number of ether oxygens (including phenoxy) is 3. The molecule has 1 unspecified atom stereocenters. The molecular weight excluding hydrogens is 925 g/mol. The molecule has 0 spiro atoms. The van der Waals surface area contributed by atoms with Gasteiger partial charge in [-0.3, -0.25) is 14.4 Å². The Kier molecular flexibility index (Phi) is 61.7. The molecule has 0 N–H and O–H groups in total.